The molecule has 0 saturated carbocycles. The molecule has 21 heavy (non-hydrogen) atoms. The van der Waals surface area contributed by atoms with Gasteiger partial charge in [-0.3, -0.25) is 0 Å². The maximum absolute atomic E-state index is 13.2. The normalized spacial score (nSPS) is 12.2. The first-order chi connectivity index (χ1) is 10.1. The third-order valence-electron chi connectivity index (χ3n) is 3.23. The summed E-state index contributed by atoms with van der Waals surface area (Å²) >= 11 is 6.07. The highest BCUT2D eigenvalue weighted by atomic mass is 35.5. The van der Waals surface area contributed by atoms with Gasteiger partial charge in [0.2, 0.25) is 0 Å². The van der Waals surface area contributed by atoms with Crippen LogP contribution < -0.4 is 10.1 Å². The maximum Gasteiger partial charge on any atom is 0.124 e. The lowest BCUT2D eigenvalue weighted by atomic mass is 10.1. The Balaban J connectivity index is 2.15. The van der Waals surface area contributed by atoms with Crippen molar-refractivity contribution in [2.45, 2.75) is 26.5 Å². The van der Waals surface area contributed by atoms with Gasteiger partial charge in [-0.05, 0) is 49.4 Å². The average molecular weight is 308 g/mol. The van der Waals surface area contributed by atoms with Gasteiger partial charge in [0.25, 0.3) is 0 Å². The Hall–Kier alpha value is -1.58. The second-order valence-corrected chi connectivity index (χ2v) is 5.32. The Morgan fingerprint density at radius 2 is 2.05 bits per heavy atom. The van der Waals surface area contributed by atoms with E-state index in [0.29, 0.717) is 11.6 Å². The van der Waals surface area contributed by atoms with Crippen LogP contribution in [0.25, 0.3) is 0 Å². The van der Waals surface area contributed by atoms with Gasteiger partial charge >= 0.3 is 0 Å². The zero-order valence-electron chi connectivity index (χ0n) is 12.2. The quantitative estimate of drug-likeness (QED) is 0.833. The van der Waals surface area contributed by atoms with Gasteiger partial charge in [-0.25, -0.2) is 4.39 Å². The Labute approximate surface area is 129 Å². The van der Waals surface area contributed by atoms with E-state index in [-0.39, 0.29) is 11.9 Å². The molecule has 0 aliphatic heterocycles. The van der Waals surface area contributed by atoms with E-state index in [1.807, 2.05) is 25.1 Å². The summed E-state index contributed by atoms with van der Waals surface area (Å²) in [4.78, 5) is 0. The van der Waals surface area contributed by atoms with Gasteiger partial charge in [0.15, 0.2) is 0 Å². The van der Waals surface area contributed by atoms with Gasteiger partial charge in [-0.15, -0.1) is 0 Å². The van der Waals surface area contributed by atoms with E-state index < -0.39 is 0 Å². The van der Waals surface area contributed by atoms with E-state index in [9.17, 15) is 4.39 Å². The van der Waals surface area contributed by atoms with Crippen molar-refractivity contribution in [1.82, 2.24) is 5.32 Å². The zero-order valence-corrected chi connectivity index (χ0v) is 13.0. The SMILES string of the molecule is CCNC(C)c1cc(Cl)ccc1OCc1cccc(F)c1. The third kappa shape index (κ3) is 4.45. The van der Waals surface area contributed by atoms with Crippen LogP contribution in [0.1, 0.15) is 31.0 Å². The van der Waals surface area contributed by atoms with Gasteiger partial charge in [0.1, 0.15) is 18.2 Å². The molecule has 1 atom stereocenters. The summed E-state index contributed by atoms with van der Waals surface area (Å²) < 4.78 is 19.0. The summed E-state index contributed by atoms with van der Waals surface area (Å²) in [7, 11) is 0. The van der Waals surface area contributed by atoms with Crippen molar-refractivity contribution >= 4 is 11.6 Å². The molecule has 0 heterocycles. The number of benzene rings is 2. The molecule has 2 aromatic rings. The van der Waals surface area contributed by atoms with E-state index in [4.69, 9.17) is 16.3 Å². The summed E-state index contributed by atoms with van der Waals surface area (Å²) in [5, 5.41) is 4.01. The maximum atomic E-state index is 13.2. The predicted octanol–water partition coefficient (Wildman–Crippen LogP) is 4.73. The van der Waals surface area contributed by atoms with Crippen molar-refractivity contribution in [3.8, 4) is 5.75 Å². The third-order valence-corrected chi connectivity index (χ3v) is 3.47. The summed E-state index contributed by atoms with van der Waals surface area (Å²) in [5.74, 6) is 0.505. The molecule has 2 nitrogen and oxygen atoms in total. The van der Waals surface area contributed by atoms with Crippen molar-refractivity contribution in [3.05, 3.63) is 64.4 Å². The lowest BCUT2D eigenvalue weighted by molar-refractivity contribution is 0.299. The second kappa shape index (κ2) is 7.43. The van der Waals surface area contributed by atoms with Crippen LogP contribution in [0.15, 0.2) is 42.5 Å². The van der Waals surface area contributed by atoms with Crippen molar-refractivity contribution < 1.29 is 9.13 Å². The lowest BCUT2D eigenvalue weighted by Crippen LogP contribution is -2.18. The van der Waals surface area contributed by atoms with Crippen LogP contribution >= 0.6 is 11.6 Å². The minimum absolute atomic E-state index is 0.135. The number of hydrogen-bond acceptors (Lipinski definition) is 2. The Morgan fingerprint density at radius 1 is 1.24 bits per heavy atom. The van der Waals surface area contributed by atoms with Gasteiger partial charge < -0.3 is 10.1 Å². The second-order valence-electron chi connectivity index (χ2n) is 4.88. The van der Waals surface area contributed by atoms with Crippen LogP contribution in [0.2, 0.25) is 5.02 Å². The van der Waals surface area contributed by atoms with Gasteiger partial charge in [0.05, 0.1) is 0 Å². The molecule has 0 fully saturated rings. The Morgan fingerprint density at radius 3 is 2.76 bits per heavy atom. The van der Waals surface area contributed by atoms with Crippen LogP contribution in [0, 0.1) is 5.82 Å². The first-order valence-corrected chi connectivity index (χ1v) is 7.38. The average Bonchev–Trinajstić information content (AvgIpc) is 2.46. The summed E-state index contributed by atoms with van der Waals surface area (Å²) in [6.45, 7) is 5.29. The summed E-state index contributed by atoms with van der Waals surface area (Å²) in [6.07, 6.45) is 0. The largest absolute Gasteiger partial charge is 0.489 e. The van der Waals surface area contributed by atoms with Crippen LogP contribution in [0.4, 0.5) is 4.39 Å². The molecule has 4 heteroatoms. The standard InChI is InChI=1S/C17H19ClFNO/c1-3-20-12(2)16-10-14(18)7-8-17(16)21-11-13-5-4-6-15(19)9-13/h4-10,12,20H,3,11H2,1-2H3. The molecule has 0 saturated heterocycles. The van der Waals surface area contributed by atoms with Crippen molar-refractivity contribution in [2.75, 3.05) is 6.54 Å². The fourth-order valence-corrected chi connectivity index (χ4v) is 2.37. The summed E-state index contributed by atoms with van der Waals surface area (Å²) in [6, 6.07) is 12.1. The molecule has 0 amide bonds. The number of ether oxygens (including phenoxy) is 1. The van der Waals surface area contributed by atoms with Crippen LogP contribution in [0.3, 0.4) is 0 Å². The first kappa shape index (κ1) is 15.8. The van der Waals surface area contributed by atoms with Crippen LogP contribution in [0.5, 0.6) is 5.75 Å². The molecular weight excluding hydrogens is 289 g/mol. The molecule has 0 aromatic heterocycles. The highest BCUT2D eigenvalue weighted by Gasteiger charge is 2.12. The minimum atomic E-state index is -0.256. The fourth-order valence-electron chi connectivity index (χ4n) is 2.19. The highest BCUT2D eigenvalue weighted by Crippen LogP contribution is 2.29. The van der Waals surface area contributed by atoms with Crippen LogP contribution in [-0.4, -0.2) is 6.54 Å². The number of hydrogen-bond donors (Lipinski definition) is 1. The van der Waals surface area contributed by atoms with Crippen molar-refractivity contribution in [1.29, 1.82) is 0 Å². The van der Waals surface area contributed by atoms with E-state index in [2.05, 4.69) is 12.2 Å². The van der Waals surface area contributed by atoms with Crippen molar-refractivity contribution in [3.63, 3.8) is 0 Å². The topological polar surface area (TPSA) is 21.3 Å². The van der Waals surface area contributed by atoms with Crippen molar-refractivity contribution in [2.24, 2.45) is 0 Å². The smallest absolute Gasteiger partial charge is 0.124 e. The Kier molecular flexibility index (Phi) is 5.59. The fraction of sp³-hybridized carbons (Fsp3) is 0.294. The number of nitrogens with one attached hydrogen (secondary N) is 1. The summed E-state index contributed by atoms with van der Waals surface area (Å²) in [5.41, 5.74) is 1.80. The first-order valence-electron chi connectivity index (χ1n) is 7.00. The molecule has 112 valence electrons. The highest BCUT2D eigenvalue weighted by molar-refractivity contribution is 6.30. The van der Waals surface area contributed by atoms with E-state index in [0.717, 1.165) is 23.4 Å². The minimum Gasteiger partial charge on any atom is -0.489 e. The molecule has 0 bridgehead atoms. The molecule has 2 rings (SSSR count). The molecule has 1 N–H and O–H groups in total. The molecule has 0 radical (unpaired) electrons. The molecule has 2 aromatic carbocycles. The van der Waals surface area contributed by atoms with E-state index in [1.165, 1.54) is 12.1 Å². The molecular formula is C17H19ClFNO. The molecule has 0 spiro atoms. The number of halogens is 2. The molecule has 0 aliphatic rings. The van der Waals surface area contributed by atoms with Gasteiger partial charge in [0, 0.05) is 16.6 Å². The van der Waals surface area contributed by atoms with E-state index in [1.54, 1.807) is 12.1 Å². The predicted molar refractivity (Wildman–Crippen MR) is 84.3 cm³/mol. The van der Waals surface area contributed by atoms with E-state index >= 15 is 0 Å². The lowest BCUT2D eigenvalue weighted by Gasteiger charge is -2.18. The van der Waals surface area contributed by atoms with Gasteiger partial charge in [-0.2, -0.15) is 0 Å². The molecule has 0 aliphatic carbocycles. The zero-order chi connectivity index (χ0) is 15.2. The van der Waals surface area contributed by atoms with Gasteiger partial charge in [-0.1, -0.05) is 30.7 Å². The number of rotatable bonds is 6. The molecule has 1 unspecified atom stereocenters. The van der Waals surface area contributed by atoms with Crippen LogP contribution in [-0.2, 0) is 6.61 Å². The Bertz CT molecular complexity index is 603. The monoisotopic (exact) mass is 307 g/mol.